The molecule has 5 heteroatoms. The number of aromatic nitrogens is 2. The van der Waals surface area contributed by atoms with Gasteiger partial charge >= 0.3 is 0 Å². The Bertz CT molecular complexity index is 488. The van der Waals surface area contributed by atoms with Crippen LogP contribution < -0.4 is 5.32 Å². The van der Waals surface area contributed by atoms with Gasteiger partial charge in [-0.3, -0.25) is 4.68 Å². The van der Waals surface area contributed by atoms with Crippen molar-refractivity contribution in [2.24, 2.45) is 0 Å². The Labute approximate surface area is 98.1 Å². The number of anilines is 1. The molecule has 17 heavy (non-hydrogen) atoms. The molecule has 0 saturated heterocycles. The third kappa shape index (κ3) is 2.81. The maximum atomic E-state index is 12.9. The van der Waals surface area contributed by atoms with Crippen LogP contribution in [0.25, 0.3) is 0 Å². The van der Waals surface area contributed by atoms with Crippen molar-refractivity contribution in [2.45, 2.75) is 20.0 Å². The van der Waals surface area contributed by atoms with Crippen LogP contribution in [-0.2, 0) is 13.1 Å². The molecule has 2 rings (SSSR count). The Morgan fingerprint density at radius 2 is 1.94 bits per heavy atom. The maximum Gasteiger partial charge on any atom is 0.128 e. The molecule has 1 aromatic carbocycles. The number of nitrogens with zero attached hydrogens (tertiary/aromatic N) is 2. The fraction of sp³-hybridized carbons (Fsp3) is 0.250. The van der Waals surface area contributed by atoms with E-state index >= 15 is 0 Å². The van der Waals surface area contributed by atoms with Gasteiger partial charge in [-0.15, -0.1) is 0 Å². The molecular formula is C12H13F2N3. The minimum absolute atomic E-state index is 0.423. The molecule has 0 fully saturated rings. The smallest absolute Gasteiger partial charge is 0.128 e. The quantitative estimate of drug-likeness (QED) is 0.886. The Kier molecular flexibility index (Phi) is 3.37. The summed E-state index contributed by atoms with van der Waals surface area (Å²) in [5.41, 5.74) is 1.39. The van der Waals surface area contributed by atoms with Crippen molar-refractivity contribution < 1.29 is 8.78 Å². The number of benzene rings is 1. The number of aryl methyl sites for hydroxylation is 1. The van der Waals surface area contributed by atoms with Gasteiger partial charge in [0.2, 0.25) is 0 Å². The predicted octanol–water partition coefficient (Wildman–Crippen LogP) is 2.79. The number of hydrogen-bond acceptors (Lipinski definition) is 2. The molecule has 2 aromatic rings. The van der Waals surface area contributed by atoms with Crippen molar-refractivity contribution in [3.63, 3.8) is 0 Å². The van der Waals surface area contributed by atoms with Gasteiger partial charge in [-0.05, 0) is 25.1 Å². The molecule has 0 bridgehead atoms. The van der Waals surface area contributed by atoms with Crippen LogP contribution in [-0.4, -0.2) is 9.78 Å². The largest absolute Gasteiger partial charge is 0.379 e. The van der Waals surface area contributed by atoms with E-state index in [1.807, 2.05) is 17.7 Å². The van der Waals surface area contributed by atoms with Gasteiger partial charge in [-0.2, -0.15) is 5.10 Å². The predicted molar refractivity (Wildman–Crippen MR) is 61.6 cm³/mol. The summed E-state index contributed by atoms with van der Waals surface area (Å²) in [7, 11) is 0. The summed E-state index contributed by atoms with van der Waals surface area (Å²) in [5.74, 6) is -1.17. The zero-order valence-corrected chi connectivity index (χ0v) is 9.45. The van der Waals surface area contributed by atoms with Crippen LogP contribution in [0.4, 0.5) is 14.5 Å². The van der Waals surface area contributed by atoms with Gasteiger partial charge in [0.1, 0.15) is 11.6 Å². The molecule has 1 heterocycles. The minimum Gasteiger partial charge on any atom is -0.379 e. The summed E-state index contributed by atoms with van der Waals surface area (Å²) < 4.78 is 27.7. The maximum absolute atomic E-state index is 12.9. The molecule has 90 valence electrons. The van der Waals surface area contributed by atoms with Gasteiger partial charge in [-0.1, -0.05) is 0 Å². The zero-order valence-electron chi connectivity index (χ0n) is 9.45. The normalized spacial score (nSPS) is 10.5. The summed E-state index contributed by atoms with van der Waals surface area (Å²) in [4.78, 5) is 0. The second kappa shape index (κ2) is 4.95. The summed E-state index contributed by atoms with van der Waals surface area (Å²) >= 11 is 0. The van der Waals surface area contributed by atoms with Gasteiger partial charge in [0.15, 0.2) is 0 Å². The summed E-state index contributed by atoms with van der Waals surface area (Å²) in [5, 5.41) is 7.07. The summed E-state index contributed by atoms with van der Waals surface area (Å²) in [6.07, 6.45) is 1.70. The van der Waals surface area contributed by atoms with Gasteiger partial charge in [0.05, 0.1) is 12.2 Å². The first kappa shape index (κ1) is 11.6. The fourth-order valence-electron chi connectivity index (χ4n) is 1.64. The molecule has 0 radical (unpaired) electrons. The van der Waals surface area contributed by atoms with E-state index < -0.39 is 11.6 Å². The molecule has 3 nitrogen and oxygen atoms in total. The first-order chi connectivity index (χ1) is 8.19. The molecule has 1 aromatic heterocycles. The van der Waals surface area contributed by atoms with Crippen molar-refractivity contribution in [2.75, 3.05) is 5.32 Å². The van der Waals surface area contributed by atoms with E-state index in [4.69, 9.17) is 0 Å². The Balaban J connectivity index is 2.07. The molecule has 0 spiro atoms. The lowest BCUT2D eigenvalue weighted by molar-refractivity contribution is 0.583. The van der Waals surface area contributed by atoms with Crippen LogP contribution in [0.5, 0.6) is 0 Å². The lowest BCUT2D eigenvalue weighted by atomic mass is 10.3. The van der Waals surface area contributed by atoms with E-state index in [1.165, 1.54) is 12.1 Å². The Morgan fingerprint density at radius 3 is 2.59 bits per heavy atom. The van der Waals surface area contributed by atoms with Crippen LogP contribution in [0.2, 0.25) is 0 Å². The minimum atomic E-state index is -0.587. The number of nitrogens with one attached hydrogen (secondary N) is 1. The van der Waals surface area contributed by atoms with Crippen molar-refractivity contribution in [1.29, 1.82) is 0 Å². The van der Waals surface area contributed by atoms with E-state index in [2.05, 4.69) is 10.4 Å². The van der Waals surface area contributed by atoms with Gasteiger partial charge in [0.25, 0.3) is 0 Å². The average Bonchev–Trinajstić information content (AvgIpc) is 2.72. The molecule has 1 N–H and O–H groups in total. The zero-order chi connectivity index (χ0) is 12.3. The molecule has 0 unspecified atom stereocenters. The van der Waals surface area contributed by atoms with Crippen molar-refractivity contribution in [3.8, 4) is 0 Å². The standard InChI is InChI=1S/C12H13F2N3/c1-2-17-12(3-4-16-17)8-15-11-6-9(13)5-10(14)7-11/h3-7,15H,2,8H2,1H3. The first-order valence-electron chi connectivity index (χ1n) is 5.39. The third-order valence-corrected chi connectivity index (χ3v) is 2.44. The van der Waals surface area contributed by atoms with Gasteiger partial charge in [-0.25, -0.2) is 8.78 Å². The molecule has 0 aliphatic rings. The highest BCUT2D eigenvalue weighted by Gasteiger charge is 2.03. The van der Waals surface area contributed by atoms with Crippen LogP contribution in [0.15, 0.2) is 30.5 Å². The highest BCUT2D eigenvalue weighted by atomic mass is 19.1. The van der Waals surface area contributed by atoms with Crippen molar-refractivity contribution >= 4 is 5.69 Å². The van der Waals surface area contributed by atoms with E-state index in [0.717, 1.165) is 18.3 Å². The summed E-state index contributed by atoms with van der Waals surface area (Å²) in [6.45, 7) is 3.23. The lowest BCUT2D eigenvalue weighted by Gasteiger charge is -2.08. The topological polar surface area (TPSA) is 29.9 Å². The van der Waals surface area contributed by atoms with E-state index in [-0.39, 0.29) is 0 Å². The first-order valence-corrected chi connectivity index (χ1v) is 5.39. The fourth-order valence-corrected chi connectivity index (χ4v) is 1.64. The Hall–Kier alpha value is -1.91. The van der Waals surface area contributed by atoms with Gasteiger partial charge < -0.3 is 5.32 Å². The second-order valence-corrected chi connectivity index (χ2v) is 3.65. The van der Waals surface area contributed by atoms with Gasteiger partial charge in [0, 0.05) is 24.5 Å². The lowest BCUT2D eigenvalue weighted by Crippen LogP contribution is -2.08. The van der Waals surface area contributed by atoms with E-state index in [9.17, 15) is 8.78 Å². The van der Waals surface area contributed by atoms with E-state index in [1.54, 1.807) is 6.20 Å². The number of rotatable bonds is 4. The van der Waals surface area contributed by atoms with Crippen molar-refractivity contribution in [3.05, 3.63) is 47.8 Å². The van der Waals surface area contributed by atoms with Crippen LogP contribution in [0.1, 0.15) is 12.6 Å². The highest BCUT2D eigenvalue weighted by molar-refractivity contribution is 5.43. The van der Waals surface area contributed by atoms with Crippen LogP contribution >= 0.6 is 0 Å². The second-order valence-electron chi connectivity index (χ2n) is 3.65. The average molecular weight is 237 g/mol. The van der Waals surface area contributed by atoms with E-state index in [0.29, 0.717) is 12.2 Å². The molecule has 0 aliphatic heterocycles. The number of hydrogen-bond donors (Lipinski definition) is 1. The SMILES string of the molecule is CCn1nccc1CNc1cc(F)cc(F)c1. The monoisotopic (exact) mass is 237 g/mol. The highest BCUT2D eigenvalue weighted by Crippen LogP contribution is 2.14. The molecule has 0 saturated carbocycles. The van der Waals surface area contributed by atoms with Crippen LogP contribution in [0, 0.1) is 11.6 Å². The Morgan fingerprint density at radius 1 is 1.24 bits per heavy atom. The molecule has 0 aliphatic carbocycles. The molecule has 0 atom stereocenters. The van der Waals surface area contributed by atoms with Crippen LogP contribution in [0.3, 0.4) is 0 Å². The molecular weight excluding hydrogens is 224 g/mol. The summed E-state index contributed by atoms with van der Waals surface area (Å²) in [6, 6.07) is 5.24. The third-order valence-electron chi connectivity index (χ3n) is 2.44. The van der Waals surface area contributed by atoms with Crippen molar-refractivity contribution in [1.82, 2.24) is 9.78 Å². The molecule has 0 amide bonds. The number of halogens is 2.